The smallest absolute Gasteiger partial charge is 0.0942 e. The van der Waals surface area contributed by atoms with Gasteiger partial charge in [0.2, 0.25) is 0 Å². The Hall–Kier alpha value is -0.580. The van der Waals surface area contributed by atoms with E-state index in [-0.39, 0.29) is 6.61 Å². The van der Waals surface area contributed by atoms with E-state index in [0.717, 1.165) is 5.00 Å². The fourth-order valence-electron chi connectivity index (χ4n) is 0.829. The third kappa shape index (κ3) is 2.48. The summed E-state index contributed by atoms with van der Waals surface area (Å²) in [7, 11) is 0. The van der Waals surface area contributed by atoms with E-state index >= 15 is 0 Å². The van der Waals surface area contributed by atoms with Gasteiger partial charge >= 0.3 is 0 Å². The molecule has 12 heavy (non-hydrogen) atoms. The van der Waals surface area contributed by atoms with Gasteiger partial charge in [0, 0.05) is 6.54 Å². The number of aliphatic hydroxyl groups is 2. The fraction of sp³-hybridized carbons (Fsp3) is 0.500. The Kier molecular flexibility index (Phi) is 3.52. The summed E-state index contributed by atoms with van der Waals surface area (Å²) in [6.45, 7) is 2.21. The van der Waals surface area contributed by atoms with E-state index in [2.05, 4.69) is 5.32 Å². The van der Waals surface area contributed by atoms with Crippen molar-refractivity contribution >= 4 is 16.3 Å². The molecular weight excluding hydrogens is 174 g/mol. The van der Waals surface area contributed by atoms with Gasteiger partial charge in [0.15, 0.2) is 0 Å². The lowest BCUT2D eigenvalue weighted by Crippen LogP contribution is -2.22. The molecule has 0 radical (unpaired) electrons. The molecule has 0 fully saturated rings. The summed E-state index contributed by atoms with van der Waals surface area (Å²) in [5.74, 6) is 0. The average Bonchev–Trinajstić information content (AvgIpc) is 2.47. The fourth-order valence-corrected chi connectivity index (χ4v) is 1.66. The number of aryl methyl sites for hydroxylation is 1. The summed E-state index contributed by atoms with van der Waals surface area (Å²) < 4.78 is 0. The molecule has 68 valence electrons. The van der Waals surface area contributed by atoms with Crippen LogP contribution >= 0.6 is 11.3 Å². The van der Waals surface area contributed by atoms with Crippen LogP contribution in [0.2, 0.25) is 0 Å². The Morgan fingerprint density at radius 2 is 2.42 bits per heavy atom. The molecule has 0 saturated heterocycles. The predicted octanol–water partition coefficient (Wildman–Crippen LogP) is 0.822. The molecule has 0 aliphatic carbocycles. The maximum atomic E-state index is 9.04. The van der Waals surface area contributed by atoms with Crippen molar-refractivity contribution in [1.82, 2.24) is 0 Å². The zero-order valence-electron chi connectivity index (χ0n) is 6.95. The van der Waals surface area contributed by atoms with Gasteiger partial charge in [-0.05, 0) is 23.9 Å². The van der Waals surface area contributed by atoms with Crippen molar-refractivity contribution in [3.8, 4) is 0 Å². The monoisotopic (exact) mass is 187 g/mol. The van der Waals surface area contributed by atoms with E-state index in [4.69, 9.17) is 10.2 Å². The molecule has 0 spiro atoms. The molecule has 1 atom stereocenters. The van der Waals surface area contributed by atoms with Crippen LogP contribution in [0.1, 0.15) is 5.56 Å². The average molecular weight is 187 g/mol. The first-order valence-corrected chi connectivity index (χ1v) is 4.69. The maximum Gasteiger partial charge on any atom is 0.0942 e. The molecule has 1 rings (SSSR count). The first-order chi connectivity index (χ1) is 5.74. The topological polar surface area (TPSA) is 52.5 Å². The van der Waals surface area contributed by atoms with E-state index in [1.807, 2.05) is 18.4 Å². The Balaban J connectivity index is 2.38. The van der Waals surface area contributed by atoms with Gasteiger partial charge in [-0.15, -0.1) is 11.3 Å². The number of hydrogen-bond acceptors (Lipinski definition) is 4. The molecule has 0 aromatic carbocycles. The summed E-state index contributed by atoms with van der Waals surface area (Å²) in [4.78, 5) is 0. The van der Waals surface area contributed by atoms with E-state index in [0.29, 0.717) is 6.54 Å². The summed E-state index contributed by atoms with van der Waals surface area (Å²) in [5, 5.41) is 23.7. The molecule has 0 aliphatic heterocycles. The van der Waals surface area contributed by atoms with Crippen molar-refractivity contribution in [2.45, 2.75) is 13.0 Å². The van der Waals surface area contributed by atoms with Crippen molar-refractivity contribution < 1.29 is 10.2 Å². The molecule has 0 bridgehead atoms. The Labute approximate surface area is 75.7 Å². The van der Waals surface area contributed by atoms with Gasteiger partial charge in [-0.25, -0.2) is 0 Å². The number of thiophene rings is 1. The standard InChI is InChI=1S/C8H13NO2S/c1-6-2-3-12-8(6)9-4-7(11)5-10/h2-3,7,9-11H,4-5H2,1H3. The zero-order chi connectivity index (χ0) is 8.97. The molecule has 0 aliphatic rings. The Morgan fingerprint density at radius 1 is 1.67 bits per heavy atom. The molecule has 1 heterocycles. The lowest BCUT2D eigenvalue weighted by Gasteiger charge is -2.08. The molecule has 3 N–H and O–H groups in total. The van der Waals surface area contributed by atoms with Crippen LogP contribution in [0, 0.1) is 6.92 Å². The first kappa shape index (κ1) is 9.51. The van der Waals surface area contributed by atoms with Gasteiger partial charge in [-0.1, -0.05) is 0 Å². The highest BCUT2D eigenvalue weighted by molar-refractivity contribution is 7.14. The van der Waals surface area contributed by atoms with E-state index in [1.165, 1.54) is 5.56 Å². The molecule has 1 aromatic heterocycles. The second-order valence-electron chi connectivity index (χ2n) is 2.65. The molecular formula is C8H13NO2S. The Morgan fingerprint density at radius 3 is 2.92 bits per heavy atom. The highest BCUT2D eigenvalue weighted by Gasteiger charge is 2.03. The van der Waals surface area contributed by atoms with E-state index in [1.54, 1.807) is 11.3 Å². The number of nitrogens with one attached hydrogen (secondary N) is 1. The van der Waals surface area contributed by atoms with Gasteiger partial charge in [0.1, 0.15) is 0 Å². The molecule has 0 amide bonds. The van der Waals surface area contributed by atoms with Crippen LogP contribution in [0.5, 0.6) is 0 Å². The van der Waals surface area contributed by atoms with Gasteiger partial charge in [-0.2, -0.15) is 0 Å². The molecule has 4 heteroatoms. The number of rotatable bonds is 4. The molecule has 1 unspecified atom stereocenters. The second-order valence-corrected chi connectivity index (χ2v) is 3.57. The minimum Gasteiger partial charge on any atom is -0.394 e. The second kappa shape index (κ2) is 4.45. The third-order valence-electron chi connectivity index (χ3n) is 1.57. The Bertz CT molecular complexity index is 237. The van der Waals surface area contributed by atoms with Crippen LogP contribution in [-0.4, -0.2) is 29.5 Å². The maximum absolute atomic E-state index is 9.04. The van der Waals surface area contributed by atoms with Crippen LogP contribution in [0.15, 0.2) is 11.4 Å². The van der Waals surface area contributed by atoms with Crippen molar-refractivity contribution in [3.05, 3.63) is 17.0 Å². The SMILES string of the molecule is Cc1ccsc1NCC(O)CO. The van der Waals surface area contributed by atoms with E-state index in [9.17, 15) is 0 Å². The number of anilines is 1. The summed E-state index contributed by atoms with van der Waals surface area (Å²) in [6.07, 6.45) is -0.675. The lowest BCUT2D eigenvalue weighted by atomic mass is 10.3. The van der Waals surface area contributed by atoms with Crippen LogP contribution in [0.25, 0.3) is 0 Å². The van der Waals surface area contributed by atoms with Crippen LogP contribution < -0.4 is 5.32 Å². The highest BCUT2D eigenvalue weighted by Crippen LogP contribution is 2.21. The molecule has 3 nitrogen and oxygen atoms in total. The van der Waals surface area contributed by atoms with Gasteiger partial charge in [0.25, 0.3) is 0 Å². The minimum atomic E-state index is -0.675. The first-order valence-electron chi connectivity index (χ1n) is 3.81. The van der Waals surface area contributed by atoms with Gasteiger partial charge < -0.3 is 15.5 Å². The minimum absolute atomic E-state index is 0.197. The summed E-state index contributed by atoms with van der Waals surface area (Å²) in [6, 6.07) is 2.01. The predicted molar refractivity (Wildman–Crippen MR) is 50.6 cm³/mol. The van der Waals surface area contributed by atoms with Crippen LogP contribution in [0.3, 0.4) is 0 Å². The van der Waals surface area contributed by atoms with Crippen molar-refractivity contribution in [1.29, 1.82) is 0 Å². The lowest BCUT2D eigenvalue weighted by molar-refractivity contribution is 0.105. The number of hydrogen-bond donors (Lipinski definition) is 3. The summed E-state index contributed by atoms with van der Waals surface area (Å²) >= 11 is 1.60. The largest absolute Gasteiger partial charge is 0.394 e. The van der Waals surface area contributed by atoms with Crippen LogP contribution in [-0.2, 0) is 0 Å². The highest BCUT2D eigenvalue weighted by atomic mass is 32.1. The normalized spacial score (nSPS) is 12.9. The van der Waals surface area contributed by atoms with Crippen molar-refractivity contribution in [2.75, 3.05) is 18.5 Å². The zero-order valence-corrected chi connectivity index (χ0v) is 7.77. The molecule has 1 aromatic rings. The van der Waals surface area contributed by atoms with Gasteiger partial charge in [0.05, 0.1) is 17.7 Å². The van der Waals surface area contributed by atoms with Crippen molar-refractivity contribution in [2.24, 2.45) is 0 Å². The number of aliphatic hydroxyl groups excluding tert-OH is 2. The van der Waals surface area contributed by atoms with Gasteiger partial charge in [-0.3, -0.25) is 0 Å². The van der Waals surface area contributed by atoms with Crippen molar-refractivity contribution in [3.63, 3.8) is 0 Å². The summed E-state index contributed by atoms with van der Waals surface area (Å²) in [5.41, 5.74) is 1.17. The molecule has 0 saturated carbocycles. The quantitative estimate of drug-likeness (QED) is 0.654. The third-order valence-corrected chi connectivity index (χ3v) is 2.55. The van der Waals surface area contributed by atoms with Crippen LogP contribution in [0.4, 0.5) is 5.00 Å². The van der Waals surface area contributed by atoms with E-state index < -0.39 is 6.10 Å².